The van der Waals surface area contributed by atoms with Crippen LogP contribution in [0.5, 0.6) is 17.2 Å². The van der Waals surface area contributed by atoms with E-state index in [9.17, 15) is 14.4 Å². The average Bonchev–Trinajstić information content (AvgIpc) is 2.82. The summed E-state index contributed by atoms with van der Waals surface area (Å²) in [5, 5.41) is 0. The Balaban J connectivity index is 1.57. The van der Waals surface area contributed by atoms with Crippen molar-refractivity contribution in [1.82, 2.24) is 0 Å². The number of carbonyl (C=O) groups is 3. The molecule has 0 saturated heterocycles. The van der Waals surface area contributed by atoms with Gasteiger partial charge in [0.05, 0.1) is 25.3 Å². The van der Waals surface area contributed by atoms with Crippen molar-refractivity contribution < 1.29 is 33.3 Å². The summed E-state index contributed by atoms with van der Waals surface area (Å²) in [6, 6.07) is 19.0. The van der Waals surface area contributed by atoms with Crippen molar-refractivity contribution in [1.29, 1.82) is 0 Å². The molecule has 0 unspecified atom stereocenters. The Labute approximate surface area is 179 Å². The fourth-order valence-corrected chi connectivity index (χ4v) is 2.67. The first-order valence-corrected chi connectivity index (χ1v) is 9.31. The third-order valence-corrected chi connectivity index (χ3v) is 4.33. The molecule has 0 fully saturated rings. The zero-order chi connectivity index (χ0) is 22.2. The predicted molar refractivity (Wildman–Crippen MR) is 112 cm³/mol. The van der Waals surface area contributed by atoms with E-state index >= 15 is 0 Å². The highest BCUT2D eigenvalue weighted by Gasteiger charge is 2.14. The van der Waals surface area contributed by atoms with Crippen LogP contribution in [0.4, 0.5) is 0 Å². The van der Waals surface area contributed by atoms with Crippen molar-refractivity contribution in [2.24, 2.45) is 0 Å². The number of carbonyl (C=O) groups excluding carboxylic acids is 3. The van der Waals surface area contributed by atoms with Gasteiger partial charge >= 0.3 is 11.9 Å². The van der Waals surface area contributed by atoms with Gasteiger partial charge in [-0.2, -0.15) is 0 Å². The van der Waals surface area contributed by atoms with E-state index in [1.807, 2.05) is 0 Å². The lowest BCUT2D eigenvalue weighted by Crippen LogP contribution is -2.14. The summed E-state index contributed by atoms with van der Waals surface area (Å²) < 4.78 is 20.5. The summed E-state index contributed by atoms with van der Waals surface area (Å²) in [6.07, 6.45) is 0. The Morgan fingerprint density at radius 1 is 0.645 bits per heavy atom. The smallest absolute Gasteiger partial charge is 0.343 e. The zero-order valence-corrected chi connectivity index (χ0v) is 17.0. The lowest BCUT2D eigenvalue weighted by atomic mass is 10.1. The van der Waals surface area contributed by atoms with E-state index in [-0.39, 0.29) is 17.1 Å². The van der Waals surface area contributed by atoms with E-state index in [1.54, 1.807) is 42.5 Å². The largest absolute Gasteiger partial charge is 0.497 e. The molecule has 7 nitrogen and oxygen atoms in total. The van der Waals surface area contributed by atoms with E-state index in [1.165, 1.54) is 44.6 Å². The molecular weight excluding hydrogens is 400 g/mol. The molecule has 0 bridgehead atoms. The molecule has 3 aromatic rings. The molecule has 0 amide bonds. The fourth-order valence-electron chi connectivity index (χ4n) is 2.67. The summed E-state index contributed by atoms with van der Waals surface area (Å²) in [5.74, 6) is -0.236. The molecule has 0 heterocycles. The number of rotatable bonds is 8. The summed E-state index contributed by atoms with van der Waals surface area (Å²) >= 11 is 0. The number of ketones is 1. The van der Waals surface area contributed by atoms with Gasteiger partial charge in [0, 0.05) is 5.56 Å². The van der Waals surface area contributed by atoms with Crippen LogP contribution >= 0.6 is 0 Å². The van der Waals surface area contributed by atoms with Gasteiger partial charge in [-0.1, -0.05) is 12.1 Å². The average molecular weight is 420 g/mol. The van der Waals surface area contributed by atoms with Gasteiger partial charge in [0.25, 0.3) is 0 Å². The van der Waals surface area contributed by atoms with Crippen LogP contribution in [0.3, 0.4) is 0 Å². The summed E-state index contributed by atoms with van der Waals surface area (Å²) in [6.45, 7) is -0.418. The van der Waals surface area contributed by atoms with Crippen LogP contribution in [-0.2, 0) is 4.74 Å². The first-order chi connectivity index (χ1) is 15.0. The predicted octanol–water partition coefficient (Wildman–Crippen LogP) is 3.96. The van der Waals surface area contributed by atoms with Gasteiger partial charge in [0.1, 0.15) is 17.2 Å². The molecule has 31 heavy (non-hydrogen) atoms. The van der Waals surface area contributed by atoms with Crippen LogP contribution in [0, 0.1) is 0 Å². The Bertz CT molecular complexity index is 1090. The monoisotopic (exact) mass is 420 g/mol. The molecular formula is C24H20O7. The number of Topliss-reactive ketones (excluding diaryl/α,β-unsaturated/α-hetero) is 1. The number of hydrogen-bond acceptors (Lipinski definition) is 7. The maximum Gasteiger partial charge on any atom is 0.343 e. The topological polar surface area (TPSA) is 88.1 Å². The second-order valence-corrected chi connectivity index (χ2v) is 6.38. The van der Waals surface area contributed by atoms with Gasteiger partial charge in [0.15, 0.2) is 12.4 Å². The molecule has 0 aliphatic rings. The van der Waals surface area contributed by atoms with E-state index in [2.05, 4.69) is 0 Å². The molecule has 3 aromatic carbocycles. The van der Waals surface area contributed by atoms with Crippen LogP contribution in [-0.4, -0.2) is 38.5 Å². The van der Waals surface area contributed by atoms with Crippen molar-refractivity contribution in [2.45, 2.75) is 0 Å². The highest BCUT2D eigenvalue weighted by atomic mass is 16.5. The van der Waals surface area contributed by atoms with E-state index < -0.39 is 18.5 Å². The van der Waals surface area contributed by atoms with E-state index in [4.69, 9.17) is 18.9 Å². The Morgan fingerprint density at radius 2 is 1.19 bits per heavy atom. The first-order valence-electron chi connectivity index (χ1n) is 9.31. The molecule has 0 radical (unpaired) electrons. The van der Waals surface area contributed by atoms with Crippen molar-refractivity contribution >= 4 is 17.7 Å². The molecule has 0 atom stereocenters. The number of ether oxygens (including phenoxy) is 4. The summed E-state index contributed by atoms with van der Waals surface area (Å²) in [4.78, 5) is 36.7. The minimum absolute atomic E-state index is 0.276. The Morgan fingerprint density at radius 3 is 1.74 bits per heavy atom. The lowest BCUT2D eigenvalue weighted by Gasteiger charge is -2.08. The summed E-state index contributed by atoms with van der Waals surface area (Å²) in [5.41, 5.74) is 0.940. The quantitative estimate of drug-likeness (QED) is 0.310. The summed E-state index contributed by atoms with van der Waals surface area (Å²) in [7, 11) is 3.00. The second kappa shape index (κ2) is 10.1. The Hall–Kier alpha value is -4.13. The van der Waals surface area contributed by atoms with Crippen LogP contribution in [0.2, 0.25) is 0 Å². The third-order valence-electron chi connectivity index (χ3n) is 4.33. The van der Waals surface area contributed by atoms with E-state index in [0.717, 1.165) is 0 Å². The van der Waals surface area contributed by atoms with Crippen molar-refractivity contribution in [2.75, 3.05) is 20.8 Å². The molecule has 158 valence electrons. The van der Waals surface area contributed by atoms with Crippen molar-refractivity contribution in [3.63, 3.8) is 0 Å². The highest BCUT2D eigenvalue weighted by Crippen LogP contribution is 2.18. The zero-order valence-electron chi connectivity index (χ0n) is 17.0. The van der Waals surface area contributed by atoms with Gasteiger partial charge in [-0.25, -0.2) is 9.59 Å². The van der Waals surface area contributed by atoms with Gasteiger partial charge < -0.3 is 18.9 Å². The van der Waals surface area contributed by atoms with Crippen molar-refractivity contribution in [3.05, 3.63) is 89.5 Å². The molecule has 3 rings (SSSR count). The normalized spacial score (nSPS) is 10.1. The van der Waals surface area contributed by atoms with Gasteiger partial charge in [-0.15, -0.1) is 0 Å². The molecule has 0 spiro atoms. The number of esters is 2. The SMILES string of the molecule is COc1cccc(C(=O)OCC(=O)c2ccc(OC(=O)c3cccc(OC)c3)cc2)c1. The van der Waals surface area contributed by atoms with E-state index in [0.29, 0.717) is 22.6 Å². The highest BCUT2D eigenvalue weighted by molar-refractivity contribution is 5.99. The maximum atomic E-state index is 12.3. The van der Waals surface area contributed by atoms with Crippen LogP contribution in [0.1, 0.15) is 31.1 Å². The first kappa shape index (κ1) is 21.6. The number of hydrogen-bond donors (Lipinski definition) is 0. The Kier molecular flexibility index (Phi) is 7.01. The molecule has 0 aliphatic carbocycles. The third kappa shape index (κ3) is 5.70. The van der Waals surface area contributed by atoms with Gasteiger partial charge in [-0.05, 0) is 60.7 Å². The van der Waals surface area contributed by atoms with Crippen LogP contribution in [0.15, 0.2) is 72.8 Å². The number of methoxy groups -OCH3 is 2. The maximum absolute atomic E-state index is 12.3. The number of benzene rings is 3. The minimum atomic E-state index is -0.629. The van der Waals surface area contributed by atoms with Crippen molar-refractivity contribution in [3.8, 4) is 17.2 Å². The minimum Gasteiger partial charge on any atom is -0.497 e. The second-order valence-electron chi connectivity index (χ2n) is 6.38. The fraction of sp³-hybridized carbons (Fsp3) is 0.125. The van der Waals surface area contributed by atoms with Gasteiger partial charge in [0.2, 0.25) is 0 Å². The molecule has 0 aromatic heterocycles. The molecule has 7 heteroatoms. The lowest BCUT2D eigenvalue weighted by molar-refractivity contribution is 0.0474. The van der Waals surface area contributed by atoms with Crippen LogP contribution in [0.25, 0.3) is 0 Å². The molecule has 0 saturated carbocycles. The van der Waals surface area contributed by atoms with Crippen LogP contribution < -0.4 is 14.2 Å². The standard InChI is InChI=1S/C24H20O7/c1-28-20-7-3-5-17(13-20)23(26)30-15-22(25)16-9-11-19(12-10-16)31-24(27)18-6-4-8-21(14-18)29-2/h3-14H,15H2,1-2H3. The van der Waals surface area contributed by atoms with Gasteiger partial charge in [-0.3, -0.25) is 4.79 Å². The molecule has 0 N–H and O–H groups in total. The molecule has 0 aliphatic heterocycles.